The Bertz CT molecular complexity index is 1590. The first-order chi connectivity index (χ1) is 24.2. The Balaban J connectivity index is 1.25. The first-order valence-corrected chi connectivity index (χ1v) is 19.8. The van der Waals surface area contributed by atoms with Crippen molar-refractivity contribution in [2.75, 3.05) is 44.2 Å². The van der Waals surface area contributed by atoms with E-state index in [-0.39, 0.29) is 28.5 Å². The van der Waals surface area contributed by atoms with Crippen molar-refractivity contribution in [1.29, 1.82) is 0 Å². The van der Waals surface area contributed by atoms with Crippen LogP contribution in [0.15, 0.2) is 41.1 Å². The van der Waals surface area contributed by atoms with Crippen molar-refractivity contribution >= 4 is 5.82 Å². The van der Waals surface area contributed by atoms with E-state index >= 15 is 0 Å². The number of quaternary nitrogens is 1. The van der Waals surface area contributed by atoms with Crippen LogP contribution in [-0.2, 0) is 17.9 Å². The maximum absolute atomic E-state index is 10.6. The highest BCUT2D eigenvalue weighted by Crippen LogP contribution is 2.63. The van der Waals surface area contributed by atoms with Gasteiger partial charge >= 0.3 is 0 Å². The van der Waals surface area contributed by atoms with E-state index in [2.05, 4.69) is 62.5 Å². The van der Waals surface area contributed by atoms with E-state index in [9.17, 15) is 5.11 Å². The summed E-state index contributed by atoms with van der Waals surface area (Å²) in [4.78, 5) is 8.76. The zero-order valence-corrected chi connectivity index (χ0v) is 32.8. The molecule has 2 aliphatic heterocycles. The molecule has 6 rings (SSSR count). The number of hydrogen-bond donors (Lipinski definition) is 5. The normalized spacial score (nSPS) is 26.8. The summed E-state index contributed by atoms with van der Waals surface area (Å²) < 4.78 is 9.31. The third kappa shape index (κ3) is 8.13. The van der Waals surface area contributed by atoms with Gasteiger partial charge in [0.2, 0.25) is 0 Å². The minimum atomic E-state index is -0.170. The largest absolute Gasteiger partial charge is 0.390 e. The zero-order chi connectivity index (χ0) is 36.6. The number of nitrogens with zero attached hydrogens (tertiary/aromatic N) is 4. The second-order valence-electron chi connectivity index (χ2n) is 18.2. The second-order valence-corrected chi connectivity index (χ2v) is 18.2. The maximum atomic E-state index is 10.6. The molecule has 2 bridgehead atoms. The van der Waals surface area contributed by atoms with E-state index in [1.54, 1.807) is 4.90 Å². The van der Waals surface area contributed by atoms with Crippen LogP contribution in [0.4, 0.5) is 5.82 Å². The first-order valence-electron chi connectivity index (χ1n) is 19.8. The number of ether oxygens (including phenoxy) is 1. The van der Waals surface area contributed by atoms with Crippen molar-refractivity contribution in [3.63, 3.8) is 0 Å². The average molecular weight is 704 g/mol. The van der Waals surface area contributed by atoms with Gasteiger partial charge in [0.05, 0.1) is 49.6 Å². The Morgan fingerprint density at radius 1 is 1.02 bits per heavy atom. The van der Waals surface area contributed by atoms with Crippen molar-refractivity contribution < 1.29 is 14.7 Å². The lowest BCUT2D eigenvalue weighted by Crippen LogP contribution is -3.10. The topological polar surface area (TPSA) is 132 Å². The molecule has 1 saturated heterocycles. The lowest BCUT2D eigenvalue weighted by atomic mass is 9.48. The molecule has 4 aliphatic rings. The van der Waals surface area contributed by atoms with Gasteiger partial charge in [0.15, 0.2) is 0 Å². The van der Waals surface area contributed by atoms with Crippen molar-refractivity contribution in [2.24, 2.45) is 27.7 Å². The van der Waals surface area contributed by atoms with Gasteiger partial charge in [-0.25, -0.2) is 4.98 Å². The molecule has 2 aromatic rings. The fraction of sp³-hybridized carbons (Fsp3) is 0.707. The molecule has 2 saturated carbocycles. The van der Waals surface area contributed by atoms with Gasteiger partial charge in [0.25, 0.3) is 0 Å². The van der Waals surface area contributed by atoms with Crippen LogP contribution in [0.1, 0.15) is 117 Å². The summed E-state index contributed by atoms with van der Waals surface area (Å²) in [5.74, 6) is 2.09. The number of aromatic nitrogens is 3. The number of aliphatic hydroxyl groups is 1. The van der Waals surface area contributed by atoms with E-state index in [4.69, 9.17) is 26.3 Å². The number of nitrogens with one attached hydrogen (secondary N) is 2. The minimum Gasteiger partial charge on any atom is -0.390 e. The summed E-state index contributed by atoms with van der Waals surface area (Å²) in [6.07, 6.45) is 13.2. The lowest BCUT2D eigenvalue weighted by molar-refractivity contribution is -0.888. The number of pyridine rings is 1. The highest BCUT2D eigenvalue weighted by Gasteiger charge is 2.59. The number of nitrogens with two attached hydrogens (primary N) is 2. The smallest absolute Gasteiger partial charge is 0.134 e. The minimum absolute atomic E-state index is 0.0902. The fourth-order valence-corrected chi connectivity index (χ4v) is 11.0. The molecule has 0 spiro atoms. The molecule has 10 nitrogen and oxygen atoms in total. The SMILES string of the molecule is CCCN/C(N)=C(\C)C1=C(N)N(c2ccc(-c3cnn(CC45CC(C)(C)CC(OCC[NH+]6CCCC6)(CC(C)(C)C4)C5)c3C)c(CO)n2)CCC1. The molecule has 4 heterocycles. The van der Waals surface area contributed by atoms with E-state index in [0.29, 0.717) is 17.3 Å². The van der Waals surface area contributed by atoms with Crippen LogP contribution in [0.3, 0.4) is 0 Å². The Hall–Kier alpha value is -3.08. The molecule has 0 radical (unpaired) electrons. The van der Waals surface area contributed by atoms with Gasteiger partial charge in [0.1, 0.15) is 18.2 Å². The zero-order valence-electron chi connectivity index (χ0n) is 32.8. The predicted octanol–water partition coefficient (Wildman–Crippen LogP) is 5.16. The van der Waals surface area contributed by atoms with E-state index in [1.165, 1.54) is 38.8 Å². The monoisotopic (exact) mass is 704 g/mol. The van der Waals surface area contributed by atoms with Gasteiger partial charge in [-0.15, -0.1) is 0 Å². The molecule has 0 unspecified atom stereocenters. The first kappa shape index (κ1) is 37.7. The average Bonchev–Trinajstić information content (AvgIpc) is 3.70. The highest BCUT2D eigenvalue weighted by atomic mass is 16.5. The Labute approximate surface area is 307 Å². The van der Waals surface area contributed by atoms with Crippen molar-refractivity contribution in [1.82, 2.24) is 20.1 Å². The van der Waals surface area contributed by atoms with E-state index in [0.717, 1.165) is 105 Å². The molecule has 10 heteroatoms. The third-order valence-electron chi connectivity index (χ3n) is 12.3. The van der Waals surface area contributed by atoms with Crippen LogP contribution in [0.2, 0.25) is 0 Å². The Kier molecular flexibility index (Phi) is 10.9. The third-order valence-corrected chi connectivity index (χ3v) is 12.3. The van der Waals surface area contributed by atoms with Crippen LogP contribution < -0.4 is 26.6 Å². The molecule has 7 N–H and O–H groups in total. The van der Waals surface area contributed by atoms with Crippen LogP contribution in [0.25, 0.3) is 11.1 Å². The van der Waals surface area contributed by atoms with Crippen LogP contribution >= 0.6 is 0 Å². The number of allylic oxidation sites excluding steroid dienone is 2. The Morgan fingerprint density at radius 3 is 2.39 bits per heavy atom. The molecule has 282 valence electrons. The van der Waals surface area contributed by atoms with Gasteiger partial charge in [-0.1, -0.05) is 34.6 Å². The highest BCUT2D eigenvalue weighted by molar-refractivity contribution is 5.69. The summed E-state index contributed by atoms with van der Waals surface area (Å²) in [6.45, 7) is 23.0. The van der Waals surface area contributed by atoms with Crippen LogP contribution in [0.5, 0.6) is 0 Å². The molecule has 2 aliphatic carbocycles. The molecular weight excluding hydrogens is 637 g/mol. The molecule has 3 fully saturated rings. The number of aliphatic hydroxyl groups excluding tert-OH is 1. The quantitative estimate of drug-likeness (QED) is 0.194. The molecule has 0 amide bonds. The van der Waals surface area contributed by atoms with E-state index < -0.39 is 0 Å². The van der Waals surface area contributed by atoms with Gasteiger partial charge < -0.3 is 36.4 Å². The number of fused-ring (bicyclic) bond motifs is 2. The number of rotatable bonds is 13. The van der Waals surface area contributed by atoms with Crippen molar-refractivity contribution in [3.8, 4) is 11.1 Å². The van der Waals surface area contributed by atoms with Crippen LogP contribution in [0, 0.1) is 23.2 Å². The Morgan fingerprint density at radius 2 is 1.73 bits per heavy atom. The standard InChI is InChI=1S/C41H66N8O2/c1-8-15-44-36(42)29(2)31-12-11-18-48(37(31)43)35-14-13-32(34(22-50)46-35)33-21-45-49(30(33)3)28-40-23-38(4,5)25-41(27-40,26-39(6,7)24-40)51-20-19-47-16-9-10-17-47/h13-14,21,44,50H,8-12,15-20,22-28,42-43H2,1-7H3/p+1/b36-29+. The fourth-order valence-electron chi connectivity index (χ4n) is 11.0. The number of anilines is 1. The van der Waals surface area contributed by atoms with Gasteiger partial charge in [-0.05, 0) is 105 Å². The summed E-state index contributed by atoms with van der Waals surface area (Å²) in [6, 6.07) is 4.11. The maximum Gasteiger partial charge on any atom is 0.134 e. The number of hydrogen-bond acceptors (Lipinski definition) is 8. The summed E-state index contributed by atoms with van der Waals surface area (Å²) in [7, 11) is 0. The molecule has 0 aromatic carbocycles. The summed E-state index contributed by atoms with van der Waals surface area (Å²) in [5.41, 5.74) is 19.3. The lowest BCUT2D eigenvalue weighted by Gasteiger charge is -2.61. The molecule has 51 heavy (non-hydrogen) atoms. The molecule has 2 aromatic heterocycles. The summed E-state index contributed by atoms with van der Waals surface area (Å²) >= 11 is 0. The van der Waals surface area contributed by atoms with Crippen LogP contribution in [-0.4, -0.2) is 64.8 Å². The molecular formula is C41H67N8O2+. The molecule has 0 atom stereocenters. The van der Waals surface area contributed by atoms with Crippen molar-refractivity contribution in [3.05, 3.63) is 52.5 Å². The summed E-state index contributed by atoms with van der Waals surface area (Å²) in [5, 5.41) is 19.0. The van der Waals surface area contributed by atoms with Crippen molar-refractivity contribution in [2.45, 2.75) is 131 Å². The predicted molar refractivity (Wildman–Crippen MR) is 206 cm³/mol. The second kappa shape index (κ2) is 14.7. The van der Waals surface area contributed by atoms with E-state index in [1.807, 2.05) is 19.2 Å². The van der Waals surface area contributed by atoms with Gasteiger partial charge in [0, 0.05) is 49.3 Å². The number of likely N-dealkylation sites (tertiary alicyclic amines) is 1. The van der Waals surface area contributed by atoms with Gasteiger partial charge in [-0.2, -0.15) is 5.10 Å². The van der Waals surface area contributed by atoms with Gasteiger partial charge in [-0.3, -0.25) is 4.68 Å².